The highest BCUT2D eigenvalue weighted by Gasteiger charge is 2.56. The number of halogens is 5. The molecule has 9 nitrogen and oxygen atoms in total. The van der Waals surface area contributed by atoms with Gasteiger partial charge in [0.05, 0.1) is 27.4 Å². The van der Waals surface area contributed by atoms with Crippen LogP contribution in [0.3, 0.4) is 0 Å². The summed E-state index contributed by atoms with van der Waals surface area (Å²) in [5.41, 5.74) is 4.85. The molecule has 3 heterocycles. The minimum absolute atomic E-state index is 0.0679. The number of nitrogens with two attached hydrogens (primary N) is 1. The van der Waals surface area contributed by atoms with Crippen molar-refractivity contribution in [3.8, 4) is 5.88 Å². The van der Waals surface area contributed by atoms with Crippen LogP contribution in [0.25, 0.3) is 0 Å². The fourth-order valence-electron chi connectivity index (χ4n) is 4.43. The smallest absolute Gasteiger partial charge is 0.340 e. The van der Waals surface area contributed by atoms with Crippen LogP contribution in [0.4, 0.5) is 27.6 Å². The van der Waals surface area contributed by atoms with E-state index in [1.807, 2.05) is 0 Å². The Morgan fingerprint density at radius 3 is 2.61 bits per heavy atom. The SMILES string of the molecule is CC1(C)C(N)=N[C@](C)(c2cc(NC(=O)c3cnc(OCC(F)(F)C(F)F)cn3)ccc2F)[C@@H]2CCN=S21=O. The summed E-state index contributed by atoms with van der Waals surface area (Å²) < 4.78 is 87.5. The maximum atomic E-state index is 15.1. The number of hydrogen-bond donors (Lipinski definition) is 2. The summed E-state index contributed by atoms with van der Waals surface area (Å²) >= 11 is 0. The number of anilines is 1. The zero-order valence-electron chi connectivity index (χ0n) is 20.6. The monoisotopic (exact) mass is 560 g/mol. The second kappa shape index (κ2) is 9.43. The lowest BCUT2D eigenvalue weighted by molar-refractivity contribution is -0.148. The van der Waals surface area contributed by atoms with Gasteiger partial charge in [0.2, 0.25) is 5.88 Å². The molecule has 0 fully saturated rings. The van der Waals surface area contributed by atoms with E-state index in [9.17, 15) is 26.6 Å². The van der Waals surface area contributed by atoms with E-state index in [-0.39, 0.29) is 22.8 Å². The van der Waals surface area contributed by atoms with Crippen LogP contribution < -0.4 is 15.8 Å². The van der Waals surface area contributed by atoms with Crippen molar-refractivity contribution in [2.24, 2.45) is 15.1 Å². The number of nitrogens with zero attached hydrogens (tertiary/aromatic N) is 4. The molecule has 2 aromatic rings. The molecule has 1 unspecified atom stereocenters. The number of amides is 1. The summed E-state index contributed by atoms with van der Waals surface area (Å²) in [5.74, 6) is -6.20. The first kappa shape index (κ1) is 27.7. The van der Waals surface area contributed by atoms with Crippen LogP contribution >= 0.6 is 0 Å². The fraction of sp³-hybridized carbons (Fsp3) is 0.478. The van der Waals surface area contributed by atoms with Crippen molar-refractivity contribution in [3.05, 3.63) is 47.7 Å². The highest BCUT2D eigenvalue weighted by molar-refractivity contribution is 7.96. The molecule has 2 aliphatic rings. The quantitative estimate of drug-likeness (QED) is 0.496. The highest BCUT2D eigenvalue weighted by Crippen LogP contribution is 2.48. The zero-order chi connectivity index (χ0) is 28.1. The molecule has 0 bridgehead atoms. The number of fused-ring (bicyclic) bond motifs is 1. The number of rotatable bonds is 7. The van der Waals surface area contributed by atoms with E-state index in [1.165, 1.54) is 12.1 Å². The van der Waals surface area contributed by atoms with E-state index < -0.39 is 61.8 Å². The summed E-state index contributed by atoms with van der Waals surface area (Å²) in [5, 5.41) is 1.91. The first-order chi connectivity index (χ1) is 17.6. The van der Waals surface area contributed by atoms with E-state index in [0.29, 0.717) is 13.0 Å². The summed E-state index contributed by atoms with van der Waals surface area (Å²) in [7, 11) is -2.90. The molecule has 4 rings (SSSR count). The first-order valence-corrected chi connectivity index (χ1v) is 13.0. The average molecular weight is 561 g/mol. The number of amidine groups is 1. The summed E-state index contributed by atoms with van der Waals surface area (Å²) in [6.07, 6.45) is -1.77. The lowest BCUT2D eigenvalue weighted by atomic mass is 9.85. The Bertz CT molecular complexity index is 1410. The van der Waals surface area contributed by atoms with Gasteiger partial charge in [0.25, 0.3) is 5.91 Å². The Kier molecular flexibility index (Phi) is 6.87. The van der Waals surface area contributed by atoms with Crippen molar-refractivity contribution in [3.63, 3.8) is 0 Å². The van der Waals surface area contributed by atoms with Gasteiger partial charge in [-0.3, -0.25) is 9.79 Å². The van der Waals surface area contributed by atoms with Crippen molar-refractivity contribution in [1.29, 1.82) is 0 Å². The van der Waals surface area contributed by atoms with Crippen LogP contribution in [0.15, 0.2) is 39.9 Å². The van der Waals surface area contributed by atoms with Crippen LogP contribution in [0.2, 0.25) is 0 Å². The molecule has 0 spiro atoms. The number of aromatic nitrogens is 2. The van der Waals surface area contributed by atoms with E-state index >= 15 is 4.39 Å². The number of benzene rings is 1. The number of nitrogens with one attached hydrogen (secondary N) is 1. The van der Waals surface area contributed by atoms with Crippen molar-refractivity contribution >= 4 is 27.2 Å². The number of carbonyl (C=O) groups is 1. The summed E-state index contributed by atoms with van der Waals surface area (Å²) in [6.45, 7) is 3.73. The molecule has 206 valence electrons. The topological polar surface area (TPSA) is 132 Å². The van der Waals surface area contributed by atoms with Gasteiger partial charge in [-0.15, -0.1) is 0 Å². The third kappa shape index (κ3) is 4.56. The molecular formula is C23H25F5N6O3S. The van der Waals surface area contributed by atoms with Gasteiger partial charge in [-0.2, -0.15) is 8.78 Å². The van der Waals surface area contributed by atoms with Gasteiger partial charge >= 0.3 is 12.3 Å². The lowest BCUT2D eigenvalue weighted by Gasteiger charge is -2.44. The Labute approximate surface area is 215 Å². The second-order valence-electron chi connectivity index (χ2n) is 9.59. The number of hydrogen-bond acceptors (Lipinski definition) is 8. The van der Waals surface area contributed by atoms with Gasteiger partial charge in [0.15, 0.2) is 6.61 Å². The minimum atomic E-state index is -4.38. The number of ether oxygens (including phenoxy) is 1. The van der Waals surface area contributed by atoms with E-state index in [0.717, 1.165) is 18.5 Å². The molecule has 15 heteroatoms. The Morgan fingerprint density at radius 1 is 1.26 bits per heavy atom. The summed E-state index contributed by atoms with van der Waals surface area (Å²) in [6, 6.07) is 3.78. The molecule has 38 heavy (non-hydrogen) atoms. The third-order valence-corrected chi connectivity index (χ3v) is 10.5. The van der Waals surface area contributed by atoms with Crippen LogP contribution in [0, 0.1) is 5.82 Å². The fourth-order valence-corrected chi connectivity index (χ4v) is 7.59. The lowest BCUT2D eigenvalue weighted by Crippen LogP contribution is -2.58. The van der Waals surface area contributed by atoms with Crippen LogP contribution in [-0.4, -0.2) is 61.4 Å². The van der Waals surface area contributed by atoms with Crippen LogP contribution in [0.1, 0.15) is 43.2 Å². The zero-order valence-corrected chi connectivity index (χ0v) is 21.4. The van der Waals surface area contributed by atoms with Crippen molar-refractivity contribution < 1.29 is 35.7 Å². The molecule has 0 saturated carbocycles. The van der Waals surface area contributed by atoms with E-state index in [1.54, 1.807) is 20.8 Å². The number of aliphatic imine (C=N–C) groups is 1. The predicted octanol–water partition coefficient (Wildman–Crippen LogP) is 3.75. The molecule has 3 atom stereocenters. The third-order valence-electron chi connectivity index (χ3n) is 6.75. The molecular weight excluding hydrogens is 535 g/mol. The maximum absolute atomic E-state index is 15.1. The molecule has 1 aromatic heterocycles. The van der Waals surface area contributed by atoms with Crippen molar-refractivity contribution in [2.45, 2.75) is 55.1 Å². The van der Waals surface area contributed by atoms with Crippen molar-refractivity contribution in [2.75, 3.05) is 18.5 Å². The Balaban J connectivity index is 1.57. The van der Waals surface area contributed by atoms with Gasteiger partial charge in [-0.25, -0.2) is 31.7 Å². The number of alkyl halides is 4. The maximum Gasteiger partial charge on any atom is 0.340 e. The number of carbonyl (C=O) groups excluding carboxylic acids is 1. The highest BCUT2D eigenvalue weighted by atomic mass is 32.2. The molecule has 0 aliphatic carbocycles. The standard InChI is InChI=1S/C23H25F5N6O3S/c1-21(2)20(29)34-22(3,16-6-7-32-38(16,21)36)13-8-12(4-5-14(13)24)33-18(35)15-9-31-17(10-30-15)37-11-23(27,28)19(25)26/h4-5,8-10,16,19H,6-7,11H2,1-3H3,(H2,29,34)(H,33,35)/t16-,22+,38?/m0/s1. The van der Waals surface area contributed by atoms with Crippen LogP contribution in [-0.2, 0) is 15.3 Å². The first-order valence-electron chi connectivity index (χ1n) is 11.4. The molecule has 0 radical (unpaired) electrons. The molecule has 1 aromatic carbocycles. The van der Waals surface area contributed by atoms with Gasteiger partial charge in [-0.1, -0.05) is 0 Å². The van der Waals surface area contributed by atoms with E-state index in [4.69, 9.17) is 5.73 Å². The molecule has 2 aliphatic heterocycles. The molecule has 1 amide bonds. The van der Waals surface area contributed by atoms with Crippen molar-refractivity contribution in [1.82, 2.24) is 9.97 Å². The van der Waals surface area contributed by atoms with Gasteiger partial charge < -0.3 is 15.8 Å². The Morgan fingerprint density at radius 2 is 1.97 bits per heavy atom. The van der Waals surface area contributed by atoms with Gasteiger partial charge in [0.1, 0.15) is 27.6 Å². The van der Waals surface area contributed by atoms with Crippen LogP contribution in [0.5, 0.6) is 5.88 Å². The summed E-state index contributed by atoms with van der Waals surface area (Å²) in [4.78, 5) is 24.6. The minimum Gasteiger partial charge on any atom is -0.470 e. The Hall–Kier alpha value is -3.36. The van der Waals surface area contributed by atoms with E-state index in [2.05, 4.69) is 29.4 Å². The normalized spacial score (nSPS) is 26.3. The predicted molar refractivity (Wildman–Crippen MR) is 130 cm³/mol. The largest absolute Gasteiger partial charge is 0.470 e. The van der Waals surface area contributed by atoms with Gasteiger partial charge in [0, 0.05) is 17.8 Å². The molecule has 0 saturated heterocycles. The van der Waals surface area contributed by atoms with Gasteiger partial charge in [-0.05, 0) is 45.4 Å². The molecule has 3 N–H and O–H groups in total. The average Bonchev–Trinajstić information content (AvgIpc) is 3.28. The second-order valence-corrected chi connectivity index (χ2v) is 12.6.